The first-order chi connectivity index (χ1) is 19.9. The van der Waals surface area contributed by atoms with Crippen molar-refractivity contribution in [2.75, 3.05) is 0 Å². The first-order valence-electron chi connectivity index (χ1n) is 14.5. The van der Waals surface area contributed by atoms with E-state index in [4.69, 9.17) is 0 Å². The lowest BCUT2D eigenvalue weighted by molar-refractivity contribution is 1.51. The van der Waals surface area contributed by atoms with Crippen LogP contribution in [0.5, 0.6) is 0 Å². The molecule has 0 aromatic heterocycles. The van der Waals surface area contributed by atoms with Gasteiger partial charge in [0, 0.05) is 0 Å². The van der Waals surface area contributed by atoms with E-state index in [1.165, 1.54) is 76.4 Å². The summed E-state index contributed by atoms with van der Waals surface area (Å²) >= 11 is 0. The highest BCUT2D eigenvalue weighted by Crippen LogP contribution is 2.44. The number of benzene rings is 7. The second-order valence-electron chi connectivity index (χ2n) is 12.3. The summed E-state index contributed by atoms with van der Waals surface area (Å²) in [4.78, 5) is 0. The molecule has 0 atom stereocenters. The fourth-order valence-electron chi connectivity index (χ4n) is 6.33. The number of aryl methyl sites for hydroxylation is 1. The Morgan fingerprint density at radius 2 is 1.00 bits per heavy atom. The standard InChI is InChI=1S/C40H34Si/c1-27-17-23-35-37(25-27)39(30-12-6-5-7-13-30)36-24-22-32(41(2,3)4)26-38(36)40(35)31-20-18-29(19-21-31)34-16-10-14-28-11-8-9-15-33(28)34/h5-26H,1-4H3. The largest absolute Gasteiger partial charge is 0.0776 e. The first-order valence-corrected chi connectivity index (χ1v) is 18.0. The smallest absolute Gasteiger partial charge is 0.0656 e. The van der Waals surface area contributed by atoms with Gasteiger partial charge in [-0.1, -0.05) is 164 Å². The molecule has 7 aromatic carbocycles. The summed E-state index contributed by atoms with van der Waals surface area (Å²) in [5.41, 5.74) is 9.01. The zero-order valence-corrected chi connectivity index (χ0v) is 25.2. The van der Waals surface area contributed by atoms with Crippen molar-refractivity contribution in [1.82, 2.24) is 0 Å². The molecule has 0 N–H and O–H groups in total. The minimum atomic E-state index is -1.53. The van der Waals surface area contributed by atoms with E-state index in [0.29, 0.717) is 0 Å². The lowest BCUT2D eigenvalue weighted by Crippen LogP contribution is -2.37. The molecule has 0 aliphatic heterocycles. The molecule has 1 heteroatoms. The Labute approximate surface area is 243 Å². The van der Waals surface area contributed by atoms with Crippen molar-refractivity contribution in [3.63, 3.8) is 0 Å². The third-order valence-corrected chi connectivity index (χ3v) is 10.5. The molecule has 0 aliphatic carbocycles. The predicted molar refractivity (Wildman–Crippen MR) is 183 cm³/mol. The van der Waals surface area contributed by atoms with Gasteiger partial charge in [0.05, 0.1) is 8.07 Å². The minimum absolute atomic E-state index is 1.25. The van der Waals surface area contributed by atoms with Gasteiger partial charge in [0.2, 0.25) is 0 Å². The lowest BCUT2D eigenvalue weighted by Gasteiger charge is -2.22. The second-order valence-corrected chi connectivity index (χ2v) is 17.4. The van der Waals surface area contributed by atoms with Gasteiger partial charge in [-0.15, -0.1) is 0 Å². The van der Waals surface area contributed by atoms with Gasteiger partial charge in [-0.3, -0.25) is 0 Å². The lowest BCUT2D eigenvalue weighted by atomic mass is 9.85. The molecular weight excluding hydrogens is 509 g/mol. The van der Waals surface area contributed by atoms with Crippen molar-refractivity contribution >= 4 is 45.6 Å². The molecule has 0 saturated carbocycles. The molecule has 0 radical (unpaired) electrons. The van der Waals surface area contributed by atoms with Gasteiger partial charge in [0.25, 0.3) is 0 Å². The van der Waals surface area contributed by atoms with Crippen LogP contribution in [-0.2, 0) is 0 Å². The Bertz CT molecular complexity index is 2060. The quantitative estimate of drug-likeness (QED) is 0.153. The fourth-order valence-corrected chi connectivity index (χ4v) is 7.49. The summed E-state index contributed by atoms with van der Waals surface area (Å²) < 4.78 is 0. The summed E-state index contributed by atoms with van der Waals surface area (Å²) in [6.45, 7) is 9.52. The van der Waals surface area contributed by atoms with Crippen molar-refractivity contribution in [3.05, 3.63) is 139 Å². The van der Waals surface area contributed by atoms with Crippen LogP contribution < -0.4 is 5.19 Å². The van der Waals surface area contributed by atoms with Crippen molar-refractivity contribution in [2.45, 2.75) is 26.6 Å². The average molecular weight is 543 g/mol. The molecular formula is C40H34Si. The predicted octanol–water partition coefficient (Wildman–Crippen LogP) is 11.0. The van der Waals surface area contributed by atoms with Crippen molar-refractivity contribution in [1.29, 1.82) is 0 Å². The Hall–Kier alpha value is -4.46. The van der Waals surface area contributed by atoms with E-state index in [0.717, 1.165) is 0 Å². The van der Waals surface area contributed by atoms with Gasteiger partial charge in [0.1, 0.15) is 0 Å². The maximum atomic E-state index is 2.50. The Kier molecular flexibility index (Phi) is 6.14. The molecule has 198 valence electrons. The van der Waals surface area contributed by atoms with Crippen molar-refractivity contribution in [3.8, 4) is 33.4 Å². The first kappa shape index (κ1) is 25.5. The highest BCUT2D eigenvalue weighted by molar-refractivity contribution is 6.88. The summed E-state index contributed by atoms with van der Waals surface area (Å²) in [7, 11) is -1.53. The van der Waals surface area contributed by atoms with E-state index in [9.17, 15) is 0 Å². The van der Waals surface area contributed by atoms with Crippen LogP contribution in [0.25, 0.3) is 65.7 Å². The molecule has 0 aliphatic rings. The normalized spacial score (nSPS) is 11.9. The monoisotopic (exact) mass is 542 g/mol. The molecule has 7 rings (SSSR count). The average Bonchev–Trinajstić information content (AvgIpc) is 2.99. The van der Waals surface area contributed by atoms with Gasteiger partial charge in [-0.05, 0) is 72.6 Å². The third-order valence-electron chi connectivity index (χ3n) is 8.47. The molecule has 0 nitrogen and oxygen atoms in total. The summed E-state index contributed by atoms with van der Waals surface area (Å²) in [6, 6.07) is 49.7. The van der Waals surface area contributed by atoms with E-state index < -0.39 is 8.07 Å². The van der Waals surface area contributed by atoms with Crippen LogP contribution in [0, 0.1) is 6.92 Å². The van der Waals surface area contributed by atoms with Crippen LogP contribution in [0.1, 0.15) is 5.56 Å². The van der Waals surface area contributed by atoms with Crippen LogP contribution >= 0.6 is 0 Å². The molecule has 0 heterocycles. The van der Waals surface area contributed by atoms with Gasteiger partial charge >= 0.3 is 0 Å². The van der Waals surface area contributed by atoms with E-state index in [2.05, 4.69) is 160 Å². The van der Waals surface area contributed by atoms with Crippen LogP contribution in [0.2, 0.25) is 19.6 Å². The molecule has 0 amide bonds. The maximum Gasteiger partial charge on any atom is 0.0776 e. The Balaban J connectivity index is 1.53. The molecule has 0 bridgehead atoms. The summed E-state index contributed by atoms with van der Waals surface area (Å²) in [5, 5.41) is 9.36. The molecule has 41 heavy (non-hydrogen) atoms. The minimum Gasteiger partial charge on any atom is -0.0656 e. The number of hydrogen-bond donors (Lipinski definition) is 0. The fraction of sp³-hybridized carbons (Fsp3) is 0.100. The Morgan fingerprint density at radius 1 is 0.415 bits per heavy atom. The van der Waals surface area contributed by atoms with Crippen molar-refractivity contribution < 1.29 is 0 Å². The van der Waals surface area contributed by atoms with Crippen LogP contribution in [0.4, 0.5) is 0 Å². The van der Waals surface area contributed by atoms with Crippen LogP contribution in [0.15, 0.2) is 133 Å². The van der Waals surface area contributed by atoms with E-state index in [-0.39, 0.29) is 0 Å². The summed E-state index contributed by atoms with van der Waals surface area (Å²) in [5.74, 6) is 0. The summed E-state index contributed by atoms with van der Waals surface area (Å²) in [6.07, 6.45) is 0. The molecule has 7 aromatic rings. The van der Waals surface area contributed by atoms with E-state index in [1.54, 1.807) is 0 Å². The highest BCUT2D eigenvalue weighted by Gasteiger charge is 2.21. The van der Waals surface area contributed by atoms with Gasteiger partial charge in [0.15, 0.2) is 0 Å². The van der Waals surface area contributed by atoms with E-state index in [1.807, 2.05) is 0 Å². The molecule has 0 saturated heterocycles. The Morgan fingerprint density at radius 3 is 1.73 bits per heavy atom. The third kappa shape index (κ3) is 4.47. The van der Waals surface area contributed by atoms with Crippen molar-refractivity contribution in [2.24, 2.45) is 0 Å². The topological polar surface area (TPSA) is 0 Å². The maximum absolute atomic E-state index is 2.50. The van der Waals surface area contributed by atoms with Gasteiger partial charge < -0.3 is 0 Å². The number of fused-ring (bicyclic) bond motifs is 3. The molecule has 0 unspecified atom stereocenters. The molecule has 0 spiro atoms. The molecule has 0 fully saturated rings. The SMILES string of the molecule is Cc1ccc2c(-c3ccc(-c4cccc5ccccc45)cc3)c3cc([Si](C)(C)C)ccc3c(-c3ccccc3)c2c1. The zero-order chi connectivity index (χ0) is 28.1. The van der Waals surface area contributed by atoms with E-state index >= 15 is 0 Å². The second kappa shape index (κ2) is 9.87. The number of rotatable bonds is 4. The highest BCUT2D eigenvalue weighted by atomic mass is 28.3. The van der Waals surface area contributed by atoms with Crippen LogP contribution in [0.3, 0.4) is 0 Å². The number of hydrogen-bond acceptors (Lipinski definition) is 0. The van der Waals surface area contributed by atoms with Gasteiger partial charge in [-0.2, -0.15) is 0 Å². The van der Waals surface area contributed by atoms with Crippen LogP contribution in [-0.4, -0.2) is 8.07 Å². The zero-order valence-electron chi connectivity index (χ0n) is 24.2. The van der Waals surface area contributed by atoms with Gasteiger partial charge in [-0.25, -0.2) is 0 Å².